The van der Waals surface area contributed by atoms with Crippen molar-refractivity contribution in [3.05, 3.63) is 78.0 Å². The zero-order valence-corrected chi connectivity index (χ0v) is 23.1. The van der Waals surface area contributed by atoms with Crippen LogP contribution in [0.5, 0.6) is 17.2 Å². The Bertz CT molecular complexity index is 1510. The highest BCUT2D eigenvalue weighted by Crippen LogP contribution is 2.43. The number of ether oxygens (including phenoxy) is 3. The number of benzene rings is 2. The molecule has 1 amide bonds. The minimum absolute atomic E-state index is 0.247. The van der Waals surface area contributed by atoms with Crippen molar-refractivity contribution in [1.29, 1.82) is 5.26 Å². The first-order chi connectivity index (χ1) is 18.9. The van der Waals surface area contributed by atoms with Gasteiger partial charge in [0.1, 0.15) is 16.9 Å². The van der Waals surface area contributed by atoms with Crippen molar-refractivity contribution >= 4 is 23.5 Å². The van der Waals surface area contributed by atoms with Gasteiger partial charge in [0, 0.05) is 16.8 Å². The zero-order chi connectivity index (χ0) is 27.9. The van der Waals surface area contributed by atoms with Crippen LogP contribution in [0.3, 0.4) is 0 Å². The van der Waals surface area contributed by atoms with Crippen LogP contribution in [0, 0.1) is 18.3 Å². The number of carbonyl (C=O) groups excluding carboxylic acids is 1. The summed E-state index contributed by atoms with van der Waals surface area (Å²) in [4.78, 5) is 22.2. The molecule has 1 atom stereocenters. The highest BCUT2D eigenvalue weighted by Gasteiger charge is 2.23. The SMILES string of the molecule is COc1cc(-c2cc(-c3ccccc3)nc(SC(C)C(=O)Nc3cccc(C)n3)c2C#N)cc(OC)c1OC. The minimum atomic E-state index is -0.564. The smallest absolute Gasteiger partial charge is 0.238 e. The van der Waals surface area contributed by atoms with E-state index in [0.717, 1.165) is 11.3 Å². The number of aryl methyl sites for hydroxylation is 1. The Balaban J connectivity index is 1.82. The molecule has 8 nitrogen and oxygen atoms in total. The standard InChI is InChI=1S/C30H28N4O4S/c1-18-10-9-13-27(32-18)34-29(35)19(2)39-30-23(17-31)22(16-24(33-30)20-11-7-6-8-12-20)21-14-25(36-3)28(38-5)26(15-21)37-4/h6-16,19H,1-5H3,(H,32,34,35). The van der Waals surface area contributed by atoms with Gasteiger partial charge >= 0.3 is 0 Å². The summed E-state index contributed by atoms with van der Waals surface area (Å²) >= 11 is 1.21. The Morgan fingerprint density at radius 3 is 2.21 bits per heavy atom. The van der Waals surface area contributed by atoms with Crippen molar-refractivity contribution < 1.29 is 19.0 Å². The lowest BCUT2D eigenvalue weighted by Gasteiger charge is -2.18. The molecule has 0 fully saturated rings. The van der Waals surface area contributed by atoms with Crippen LogP contribution in [0.15, 0.2) is 71.8 Å². The molecule has 0 radical (unpaired) electrons. The third kappa shape index (κ3) is 6.13. The number of pyridine rings is 2. The molecule has 0 saturated heterocycles. The normalized spacial score (nSPS) is 11.3. The molecule has 1 unspecified atom stereocenters. The first-order valence-electron chi connectivity index (χ1n) is 12.1. The summed E-state index contributed by atoms with van der Waals surface area (Å²) in [6.07, 6.45) is 0. The molecule has 9 heteroatoms. The molecular formula is C30H28N4O4S. The van der Waals surface area contributed by atoms with E-state index in [1.807, 2.05) is 55.5 Å². The number of rotatable bonds is 9. The summed E-state index contributed by atoms with van der Waals surface area (Å²) in [6, 6.07) is 22.8. The number of anilines is 1. The average molecular weight is 541 g/mol. The third-order valence-electron chi connectivity index (χ3n) is 5.94. The van der Waals surface area contributed by atoms with Crippen molar-refractivity contribution in [3.8, 4) is 45.7 Å². The quantitative estimate of drug-likeness (QED) is 0.253. The molecule has 39 heavy (non-hydrogen) atoms. The van der Waals surface area contributed by atoms with Crippen LogP contribution >= 0.6 is 11.8 Å². The number of hydrogen-bond donors (Lipinski definition) is 1. The van der Waals surface area contributed by atoms with Crippen LogP contribution in [0.4, 0.5) is 5.82 Å². The van der Waals surface area contributed by atoms with E-state index in [2.05, 4.69) is 16.4 Å². The zero-order valence-electron chi connectivity index (χ0n) is 22.3. The van der Waals surface area contributed by atoms with Gasteiger partial charge in [-0.2, -0.15) is 5.26 Å². The summed E-state index contributed by atoms with van der Waals surface area (Å²) in [5.74, 6) is 1.59. The van der Waals surface area contributed by atoms with E-state index in [1.165, 1.54) is 18.9 Å². The van der Waals surface area contributed by atoms with E-state index in [9.17, 15) is 10.1 Å². The lowest BCUT2D eigenvalue weighted by Crippen LogP contribution is -2.23. The lowest BCUT2D eigenvalue weighted by molar-refractivity contribution is -0.115. The molecule has 2 aromatic heterocycles. The number of aromatic nitrogens is 2. The number of methoxy groups -OCH3 is 3. The molecule has 0 aliphatic heterocycles. The first kappa shape index (κ1) is 27.5. The molecule has 0 saturated carbocycles. The maximum absolute atomic E-state index is 13.0. The summed E-state index contributed by atoms with van der Waals surface area (Å²) < 4.78 is 16.6. The number of carbonyl (C=O) groups is 1. The fraction of sp³-hybridized carbons (Fsp3) is 0.200. The van der Waals surface area contributed by atoms with Gasteiger partial charge < -0.3 is 19.5 Å². The molecule has 198 valence electrons. The van der Waals surface area contributed by atoms with Crippen LogP contribution in [-0.4, -0.2) is 42.5 Å². The van der Waals surface area contributed by atoms with Crippen molar-refractivity contribution in [2.24, 2.45) is 0 Å². The van der Waals surface area contributed by atoms with Crippen LogP contribution in [0.1, 0.15) is 18.2 Å². The summed E-state index contributed by atoms with van der Waals surface area (Å²) in [7, 11) is 4.62. The lowest BCUT2D eigenvalue weighted by atomic mass is 9.98. The molecule has 4 aromatic rings. The van der Waals surface area contributed by atoms with E-state index in [0.29, 0.717) is 50.5 Å². The second kappa shape index (κ2) is 12.3. The Morgan fingerprint density at radius 1 is 0.923 bits per heavy atom. The average Bonchev–Trinajstić information content (AvgIpc) is 2.96. The van der Waals surface area contributed by atoms with E-state index >= 15 is 0 Å². The van der Waals surface area contributed by atoms with Crippen molar-refractivity contribution in [1.82, 2.24) is 9.97 Å². The number of hydrogen-bond acceptors (Lipinski definition) is 8. The Labute approximate surface area is 232 Å². The summed E-state index contributed by atoms with van der Waals surface area (Å²) in [5.41, 5.74) is 3.98. The van der Waals surface area contributed by atoms with E-state index in [4.69, 9.17) is 19.2 Å². The van der Waals surface area contributed by atoms with Gasteiger partial charge in [-0.3, -0.25) is 4.79 Å². The fourth-order valence-corrected chi connectivity index (χ4v) is 4.92. The number of nitriles is 1. The van der Waals surface area contributed by atoms with Crippen LogP contribution in [-0.2, 0) is 4.79 Å². The second-order valence-electron chi connectivity index (χ2n) is 8.54. The molecule has 0 aliphatic carbocycles. The molecule has 0 spiro atoms. The molecule has 0 aliphatic rings. The van der Waals surface area contributed by atoms with Gasteiger partial charge in [0.25, 0.3) is 0 Å². The van der Waals surface area contributed by atoms with Gasteiger partial charge in [0.05, 0.1) is 37.8 Å². The Kier molecular flexibility index (Phi) is 8.69. The monoisotopic (exact) mass is 540 g/mol. The van der Waals surface area contributed by atoms with Crippen LogP contribution in [0.2, 0.25) is 0 Å². The fourth-order valence-electron chi connectivity index (χ4n) is 4.00. The van der Waals surface area contributed by atoms with Gasteiger partial charge in [-0.1, -0.05) is 48.2 Å². The summed E-state index contributed by atoms with van der Waals surface area (Å²) in [5, 5.41) is 13.0. The van der Waals surface area contributed by atoms with Crippen molar-refractivity contribution in [2.45, 2.75) is 24.1 Å². The predicted molar refractivity (Wildman–Crippen MR) is 152 cm³/mol. The molecule has 4 rings (SSSR count). The van der Waals surface area contributed by atoms with Gasteiger partial charge in [-0.15, -0.1) is 0 Å². The van der Waals surface area contributed by atoms with Gasteiger partial charge in [-0.25, -0.2) is 9.97 Å². The van der Waals surface area contributed by atoms with Crippen LogP contribution in [0.25, 0.3) is 22.4 Å². The largest absolute Gasteiger partial charge is 0.493 e. The van der Waals surface area contributed by atoms with E-state index in [-0.39, 0.29) is 5.91 Å². The number of amides is 1. The van der Waals surface area contributed by atoms with Gasteiger partial charge in [-0.05, 0) is 49.7 Å². The van der Waals surface area contributed by atoms with Gasteiger partial charge in [0.15, 0.2) is 11.5 Å². The summed E-state index contributed by atoms with van der Waals surface area (Å²) in [6.45, 7) is 3.63. The van der Waals surface area contributed by atoms with E-state index in [1.54, 1.807) is 39.3 Å². The van der Waals surface area contributed by atoms with Crippen LogP contribution < -0.4 is 19.5 Å². The van der Waals surface area contributed by atoms with E-state index < -0.39 is 5.25 Å². The van der Waals surface area contributed by atoms with Crippen molar-refractivity contribution in [2.75, 3.05) is 26.6 Å². The highest BCUT2D eigenvalue weighted by molar-refractivity contribution is 8.00. The molecule has 2 heterocycles. The maximum Gasteiger partial charge on any atom is 0.238 e. The predicted octanol–water partition coefficient (Wildman–Crippen LogP) is 6.14. The molecule has 0 bridgehead atoms. The number of nitrogens with one attached hydrogen (secondary N) is 1. The Hall–Kier alpha value is -4.55. The second-order valence-corrected chi connectivity index (χ2v) is 9.87. The minimum Gasteiger partial charge on any atom is -0.493 e. The third-order valence-corrected chi connectivity index (χ3v) is 7.03. The number of thioether (sulfide) groups is 1. The maximum atomic E-state index is 13.0. The molecule has 2 aromatic carbocycles. The topological polar surface area (TPSA) is 106 Å². The van der Waals surface area contributed by atoms with Crippen molar-refractivity contribution in [3.63, 3.8) is 0 Å². The number of nitrogens with zero attached hydrogens (tertiary/aromatic N) is 3. The Morgan fingerprint density at radius 2 is 1.62 bits per heavy atom. The molecule has 1 N–H and O–H groups in total. The first-order valence-corrected chi connectivity index (χ1v) is 13.0. The highest BCUT2D eigenvalue weighted by atomic mass is 32.2. The van der Waals surface area contributed by atoms with Gasteiger partial charge in [0.2, 0.25) is 11.7 Å². The molecular weight excluding hydrogens is 512 g/mol.